The van der Waals surface area contributed by atoms with Crippen molar-refractivity contribution in [3.05, 3.63) is 53.7 Å². The van der Waals surface area contributed by atoms with Gasteiger partial charge in [0.1, 0.15) is 10.8 Å². The normalized spacial score (nSPS) is 15.5. The van der Waals surface area contributed by atoms with Crippen LogP contribution in [0.1, 0.15) is 37.4 Å². The molecule has 0 amide bonds. The number of benzene rings is 2. The van der Waals surface area contributed by atoms with Crippen LogP contribution in [0.15, 0.2) is 42.6 Å². The van der Waals surface area contributed by atoms with Gasteiger partial charge in [-0.25, -0.2) is 4.98 Å². The molecule has 5 nitrogen and oxygen atoms in total. The third-order valence-electron chi connectivity index (χ3n) is 5.36. The van der Waals surface area contributed by atoms with Crippen molar-refractivity contribution in [2.45, 2.75) is 38.8 Å². The fraction of sp³-hybridized carbons (Fsp3) is 0.375. The van der Waals surface area contributed by atoms with Crippen molar-refractivity contribution in [1.29, 1.82) is 0 Å². The Morgan fingerprint density at radius 1 is 1.27 bits per heavy atom. The van der Waals surface area contributed by atoms with E-state index in [1.54, 1.807) is 18.4 Å². The second kappa shape index (κ2) is 9.16. The molecule has 0 radical (unpaired) electrons. The topological polar surface area (TPSA) is 69.4 Å². The van der Waals surface area contributed by atoms with E-state index in [9.17, 15) is 0 Å². The summed E-state index contributed by atoms with van der Waals surface area (Å²) < 4.78 is 10.9. The van der Waals surface area contributed by atoms with Crippen molar-refractivity contribution in [2.24, 2.45) is 0 Å². The maximum atomic E-state index is 6.20. The number of thiazole rings is 1. The molecule has 3 aromatic rings. The molecule has 0 saturated heterocycles. The zero-order chi connectivity index (χ0) is 21.1. The van der Waals surface area contributed by atoms with Gasteiger partial charge >= 0.3 is 0 Å². The Hall–Kier alpha value is -2.41. The lowest BCUT2D eigenvalue weighted by Crippen LogP contribution is -2.23. The van der Waals surface area contributed by atoms with Crippen molar-refractivity contribution in [3.63, 3.8) is 0 Å². The van der Waals surface area contributed by atoms with Gasteiger partial charge in [-0.05, 0) is 61.6 Å². The molecular formula is C24H29N3O2S. The van der Waals surface area contributed by atoms with E-state index >= 15 is 0 Å². The van der Waals surface area contributed by atoms with Crippen LogP contribution in [0.5, 0.6) is 5.75 Å². The Morgan fingerprint density at radius 3 is 2.90 bits per heavy atom. The molecule has 0 bridgehead atoms. The van der Waals surface area contributed by atoms with E-state index in [0.717, 1.165) is 42.3 Å². The Balaban J connectivity index is 1.57. The van der Waals surface area contributed by atoms with Crippen LogP contribution >= 0.6 is 11.3 Å². The highest BCUT2D eigenvalue weighted by atomic mass is 32.1. The smallest absolute Gasteiger partial charge is 0.142 e. The van der Waals surface area contributed by atoms with Gasteiger partial charge in [0.15, 0.2) is 0 Å². The largest absolute Gasteiger partial charge is 0.489 e. The molecule has 1 atom stereocenters. The van der Waals surface area contributed by atoms with E-state index in [4.69, 9.17) is 15.2 Å². The molecule has 1 aliphatic rings. The molecule has 6 heteroatoms. The molecule has 1 aromatic heterocycles. The van der Waals surface area contributed by atoms with E-state index < -0.39 is 0 Å². The molecule has 158 valence electrons. The third kappa shape index (κ3) is 4.36. The molecule has 4 rings (SSSR count). The fourth-order valence-electron chi connectivity index (χ4n) is 4.01. The van der Waals surface area contributed by atoms with Crippen molar-refractivity contribution in [3.8, 4) is 26.8 Å². The van der Waals surface area contributed by atoms with Gasteiger partial charge in [0.2, 0.25) is 0 Å². The molecule has 0 spiro atoms. The van der Waals surface area contributed by atoms with E-state index in [0.29, 0.717) is 11.7 Å². The molecule has 1 aliphatic carbocycles. The van der Waals surface area contributed by atoms with E-state index in [1.807, 2.05) is 38.2 Å². The van der Waals surface area contributed by atoms with Crippen molar-refractivity contribution >= 4 is 17.0 Å². The fourth-order valence-corrected chi connectivity index (χ4v) is 4.97. The summed E-state index contributed by atoms with van der Waals surface area (Å²) >= 11 is 1.71. The first kappa shape index (κ1) is 20.8. The van der Waals surface area contributed by atoms with Crippen LogP contribution in [0.3, 0.4) is 0 Å². The van der Waals surface area contributed by atoms with E-state index in [1.165, 1.54) is 21.6 Å². The minimum Gasteiger partial charge on any atom is -0.489 e. The summed E-state index contributed by atoms with van der Waals surface area (Å²) in [7, 11) is 1.74. The lowest BCUT2D eigenvalue weighted by atomic mass is 10.0. The maximum Gasteiger partial charge on any atom is 0.142 e. The Bertz CT molecular complexity index is 1020. The average molecular weight is 424 g/mol. The van der Waals surface area contributed by atoms with Crippen LogP contribution < -0.4 is 15.8 Å². The van der Waals surface area contributed by atoms with E-state index in [-0.39, 0.29) is 6.10 Å². The first-order valence-corrected chi connectivity index (χ1v) is 11.3. The number of nitrogens with two attached hydrogens (primary N) is 1. The molecule has 3 N–H and O–H groups in total. The van der Waals surface area contributed by atoms with Gasteiger partial charge < -0.3 is 20.5 Å². The van der Waals surface area contributed by atoms with Crippen molar-refractivity contribution in [2.75, 3.05) is 26.0 Å². The lowest BCUT2D eigenvalue weighted by molar-refractivity contribution is 0.195. The monoisotopic (exact) mass is 423 g/mol. The number of nitrogen functional groups attached to an aromatic ring is 1. The molecule has 0 aliphatic heterocycles. The van der Waals surface area contributed by atoms with Gasteiger partial charge in [-0.1, -0.05) is 18.2 Å². The Labute approximate surface area is 182 Å². The van der Waals surface area contributed by atoms with Crippen molar-refractivity contribution < 1.29 is 9.47 Å². The minimum atomic E-state index is 0.0950. The second-order valence-corrected chi connectivity index (χ2v) is 8.89. The summed E-state index contributed by atoms with van der Waals surface area (Å²) in [5, 5.41) is 4.58. The second-order valence-electron chi connectivity index (χ2n) is 7.86. The lowest BCUT2D eigenvalue weighted by Gasteiger charge is -2.14. The molecule has 0 saturated carbocycles. The number of hydrogen-bond acceptors (Lipinski definition) is 6. The zero-order valence-corrected chi connectivity index (χ0v) is 18.6. The first-order valence-electron chi connectivity index (χ1n) is 10.4. The van der Waals surface area contributed by atoms with Gasteiger partial charge in [0, 0.05) is 31.5 Å². The van der Waals surface area contributed by atoms with Gasteiger partial charge in [-0.3, -0.25) is 0 Å². The summed E-state index contributed by atoms with van der Waals surface area (Å²) in [6.45, 7) is 5.59. The molecule has 1 heterocycles. The van der Waals surface area contributed by atoms with Crippen LogP contribution in [-0.2, 0) is 11.2 Å². The zero-order valence-electron chi connectivity index (χ0n) is 17.8. The summed E-state index contributed by atoms with van der Waals surface area (Å²) in [6, 6.07) is 12.9. The number of nitrogens with one attached hydrogen (secondary N) is 1. The SMILES string of the molecule is COCCN[C@H]1CCc2c(-c3cnc(-c4ccc(OC(C)C)c(N)c4)s3)cccc21. The van der Waals surface area contributed by atoms with Gasteiger partial charge in [0.05, 0.1) is 23.3 Å². The maximum absolute atomic E-state index is 6.20. The standard InChI is InChI=1S/C24H29N3O2S/c1-15(2)29-22-10-7-16(13-20(22)25)24-27-14-23(30-24)19-6-4-5-18-17(19)8-9-21(18)26-11-12-28-3/h4-7,10,13-15,21,26H,8-9,11-12,25H2,1-3H3/t21-/m0/s1. The summed E-state index contributed by atoms with van der Waals surface area (Å²) in [5.74, 6) is 0.721. The highest BCUT2D eigenvalue weighted by Crippen LogP contribution is 2.41. The van der Waals surface area contributed by atoms with Crippen LogP contribution in [-0.4, -0.2) is 31.3 Å². The molecule has 0 fully saturated rings. The number of nitrogens with zero attached hydrogens (tertiary/aromatic N) is 1. The number of anilines is 1. The highest BCUT2D eigenvalue weighted by molar-refractivity contribution is 7.18. The van der Waals surface area contributed by atoms with Gasteiger partial charge in [0.25, 0.3) is 0 Å². The first-order chi connectivity index (χ1) is 14.6. The summed E-state index contributed by atoms with van der Waals surface area (Å²) in [5.41, 5.74) is 12.0. The average Bonchev–Trinajstić information content (AvgIpc) is 3.37. The van der Waals surface area contributed by atoms with Crippen LogP contribution in [0.4, 0.5) is 5.69 Å². The number of rotatable bonds is 8. The predicted octanol–water partition coefficient (Wildman–Crippen LogP) is 5.07. The van der Waals surface area contributed by atoms with Crippen LogP contribution in [0, 0.1) is 0 Å². The van der Waals surface area contributed by atoms with Crippen LogP contribution in [0.25, 0.3) is 21.0 Å². The number of hydrogen-bond donors (Lipinski definition) is 2. The van der Waals surface area contributed by atoms with Crippen molar-refractivity contribution in [1.82, 2.24) is 10.3 Å². The predicted molar refractivity (Wildman–Crippen MR) is 124 cm³/mol. The molecule has 30 heavy (non-hydrogen) atoms. The third-order valence-corrected chi connectivity index (χ3v) is 6.44. The summed E-state index contributed by atoms with van der Waals surface area (Å²) in [6.07, 6.45) is 4.28. The number of methoxy groups -OCH3 is 1. The van der Waals surface area contributed by atoms with Crippen LogP contribution in [0.2, 0.25) is 0 Å². The van der Waals surface area contributed by atoms with E-state index in [2.05, 4.69) is 28.5 Å². The van der Waals surface area contributed by atoms with Gasteiger partial charge in [-0.2, -0.15) is 0 Å². The number of ether oxygens (including phenoxy) is 2. The number of aromatic nitrogens is 1. The number of fused-ring (bicyclic) bond motifs is 1. The quantitative estimate of drug-likeness (QED) is 0.391. The highest BCUT2D eigenvalue weighted by Gasteiger charge is 2.25. The van der Waals surface area contributed by atoms with Gasteiger partial charge in [-0.15, -0.1) is 11.3 Å². The molecular weight excluding hydrogens is 394 g/mol. The Morgan fingerprint density at radius 2 is 2.13 bits per heavy atom. The minimum absolute atomic E-state index is 0.0950. The summed E-state index contributed by atoms with van der Waals surface area (Å²) in [4.78, 5) is 5.88. The molecule has 0 unspecified atom stereocenters. The molecule has 2 aromatic carbocycles. The Kier molecular flexibility index (Phi) is 6.37.